The maximum Gasteiger partial charge on any atom is 0.203 e. The number of fused-ring (bicyclic) bond motifs is 1. The first-order valence-electron chi connectivity index (χ1n) is 7.00. The van der Waals surface area contributed by atoms with E-state index in [2.05, 4.69) is 11.1 Å². The van der Waals surface area contributed by atoms with Crippen LogP contribution in [0.25, 0.3) is 10.8 Å². The third-order valence-electron chi connectivity index (χ3n) is 3.72. The number of ether oxygens (including phenoxy) is 2. The van der Waals surface area contributed by atoms with E-state index in [1.54, 1.807) is 19.4 Å². The lowest BCUT2D eigenvalue weighted by Gasteiger charge is -2.13. The molecule has 4 heteroatoms. The van der Waals surface area contributed by atoms with Crippen molar-refractivity contribution in [2.75, 3.05) is 14.2 Å². The number of hydrogen-bond donors (Lipinski definition) is 1. The Bertz CT molecular complexity index is 809. The second-order valence-electron chi connectivity index (χ2n) is 4.96. The molecule has 0 aliphatic heterocycles. The van der Waals surface area contributed by atoms with E-state index in [-0.39, 0.29) is 5.75 Å². The number of benzene rings is 2. The highest BCUT2D eigenvalue weighted by Gasteiger charge is 2.15. The third-order valence-corrected chi connectivity index (χ3v) is 3.72. The van der Waals surface area contributed by atoms with Gasteiger partial charge in [0.05, 0.1) is 19.9 Å². The number of aromatic hydroxyl groups is 1. The Balaban J connectivity index is 2.06. The molecule has 0 saturated heterocycles. The van der Waals surface area contributed by atoms with Crippen LogP contribution in [0, 0.1) is 0 Å². The maximum absolute atomic E-state index is 10.4. The standard InChI is InChI=1S/C18H17NO3/c1-21-16-8-7-13(17(20)18(16)22-2)11-15-14-6-4-3-5-12(14)9-10-19-15/h3-10,20H,11H2,1-2H3. The van der Waals surface area contributed by atoms with Gasteiger partial charge in [-0.25, -0.2) is 0 Å². The highest BCUT2D eigenvalue weighted by atomic mass is 16.5. The second kappa shape index (κ2) is 5.93. The summed E-state index contributed by atoms with van der Waals surface area (Å²) >= 11 is 0. The Labute approximate surface area is 129 Å². The number of phenolic OH excluding ortho intramolecular Hbond substituents is 1. The zero-order valence-electron chi connectivity index (χ0n) is 12.5. The quantitative estimate of drug-likeness (QED) is 0.799. The van der Waals surface area contributed by atoms with Crippen molar-refractivity contribution in [1.82, 2.24) is 4.98 Å². The Kier molecular flexibility index (Phi) is 3.83. The highest BCUT2D eigenvalue weighted by molar-refractivity contribution is 5.84. The molecule has 0 atom stereocenters. The van der Waals surface area contributed by atoms with Crippen molar-refractivity contribution in [3.8, 4) is 17.2 Å². The number of aromatic nitrogens is 1. The lowest BCUT2D eigenvalue weighted by atomic mass is 10.0. The zero-order valence-corrected chi connectivity index (χ0v) is 12.5. The molecule has 1 aromatic heterocycles. The molecular weight excluding hydrogens is 278 g/mol. The Hall–Kier alpha value is -2.75. The third kappa shape index (κ3) is 2.44. The van der Waals surface area contributed by atoms with Gasteiger partial charge in [-0.05, 0) is 17.5 Å². The summed E-state index contributed by atoms with van der Waals surface area (Å²) in [5.41, 5.74) is 1.67. The first-order chi connectivity index (χ1) is 10.7. The van der Waals surface area contributed by atoms with Crippen LogP contribution in [0.4, 0.5) is 0 Å². The minimum absolute atomic E-state index is 0.0941. The summed E-state index contributed by atoms with van der Waals surface area (Å²) in [5, 5.41) is 12.6. The van der Waals surface area contributed by atoms with Crippen LogP contribution in [0.2, 0.25) is 0 Å². The largest absolute Gasteiger partial charge is 0.504 e. The maximum atomic E-state index is 10.4. The molecule has 4 nitrogen and oxygen atoms in total. The van der Waals surface area contributed by atoms with E-state index in [1.165, 1.54) is 7.11 Å². The molecule has 0 amide bonds. The van der Waals surface area contributed by atoms with E-state index in [0.717, 1.165) is 22.0 Å². The average molecular weight is 295 g/mol. The van der Waals surface area contributed by atoms with Gasteiger partial charge in [-0.2, -0.15) is 0 Å². The predicted octanol–water partition coefficient (Wildman–Crippen LogP) is 3.55. The van der Waals surface area contributed by atoms with Crippen molar-refractivity contribution in [2.24, 2.45) is 0 Å². The normalized spacial score (nSPS) is 10.6. The van der Waals surface area contributed by atoms with Crippen molar-refractivity contribution in [3.63, 3.8) is 0 Å². The molecular formula is C18H17NO3. The molecule has 0 spiro atoms. The van der Waals surface area contributed by atoms with E-state index < -0.39 is 0 Å². The van der Waals surface area contributed by atoms with Crippen LogP contribution in [0.15, 0.2) is 48.7 Å². The molecule has 0 aliphatic carbocycles. The minimum Gasteiger partial charge on any atom is -0.504 e. The molecule has 0 unspecified atom stereocenters. The molecule has 2 aromatic carbocycles. The van der Waals surface area contributed by atoms with Crippen LogP contribution >= 0.6 is 0 Å². The van der Waals surface area contributed by atoms with Gasteiger partial charge in [0.25, 0.3) is 0 Å². The van der Waals surface area contributed by atoms with E-state index in [9.17, 15) is 5.11 Å². The van der Waals surface area contributed by atoms with Gasteiger partial charge < -0.3 is 14.6 Å². The summed E-state index contributed by atoms with van der Waals surface area (Å²) in [7, 11) is 3.06. The summed E-state index contributed by atoms with van der Waals surface area (Å²) in [4.78, 5) is 4.46. The van der Waals surface area contributed by atoms with Gasteiger partial charge in [0.1, 0.15) is 0 Å². The van der Waals surface area contributed by atoms with E-state index in [1.807, 2.05) is 30.3 Å². The monoisotopic (exact) mass is 295 g/mol. The lowest BCUT2D eigenvalue weighted by Crippen LogP contribution is -1.97. The molecule has 3 rings (SSSR count). The Morgan fingerprint density at radius 3 is 2.59 bits per heavy atom. The summed E-state index contributed by atoms with van der Waals surface area (Å²) in [6.45, 7) is 0. The molecule has 0 bridgehead atoms. The molecule has 0 radical (unpaired) electrons. The van der Waals surface area contributed by atoms with E-state index in [4.69, 9.17) is 9.47 Å². The predicted molar refractivity (Wildman–Crippen MR) is 85.8 cm³/mol. The number of phenols is 1. The second-order valence-corrected chi connectivity index (χ2v) is 4.96. The number of nitrogens with zero attached hydrogens (tertiary/aromatic N) is 1. The van der Waals surface area contributed by atoms with Gasteiger partial charge in [-0.3, -0.25) is 4.98 Å². The number of hydrogen-bond acceptors (Lipinski definition) is 4. The van der Waals surface area contributed by atoms with Gasteiger partial charge in [0, 0.05) is 23.6 Å². The molecule has 112 valence electrons. The molecule has 22 heavy (non-hydrogen) atoms. The fourth-order valence-corrected chi connectivity index (χ4v) is 2.60. The fraction of sp³-hybridized carbons (Fsp3) is 0.167. The molecule has 0 fully saturated rings. The molecule has 3 aromatic rings. The molecule has 1 heterocycles. The van der Waals surface area contributed by atoms with Crippen molar-refractivity contribution in [3.05, 3.63) is 59.9 Å². The first-order valence-corrected chi connectivity index (χ1v) is 7.00. The zero-order chi connectivity index (χ0) is 15.5. The summed E-state index contributed by atoms with van der Waals surface area (Å²) in [5.74, 6) is 0.950. The Morgan fingerprint density at radius 2 is 1.82 bits per heavy atom. The summed E-state index contributed by atoms with van der Waals surface area (Å²) in [6, 6.07) is 13.7. The highest BCUT2D eigenvalue weighted by Crippen LogP contribution is 2.39. The lowest BCUT2D eigenvalue weighted by molar-refractivity contribution is 0.331. The molecule has 0 saturated carbocycles. The first kappa shape index (κ1) is 14.2. The van der Waals surface area contributed by atoms with Crippen LogP contribution in [0.3, 0.4) is 0 Å². The van der Waals surface area contributed by atoms with E-state index in [0.29, 0.717) is 17.9 Å². The van der Waals surface area contributed by atoms with Crippen molar-refractivity contribution in [1.29, 1.82) is 0 Å². The van der Waals surface area contributed by atoms with Crippen LogP contribution in [0.5, 0.6) is 17.2 Å². The average Bonchev–Trinajstić information content (AvgIpc) is 2.56. The number of methoxy groups -OCH3 is 2. The number of pyridine rings is 1. The van der Waals surface area contributed by atoms with Gasteiger partial charge in [-0.1, -0.05) is 30.3 Å². The number of rotatable bonds is 4. The van der Waals surface area contributed by atoms with Crippen LogP contribution < -0.4 is 9.47 Å². The fourth-order valence-electron chi connectivity index (χ4n) is 2.60. The van der Waals surface area contributed by atoms with Crippen LogP contribution in [0.1, 0.15) is 11.3 Å². The topological polar surface area (TPSA) is 51.6 Å². The van der Waals surface area contributed by atoms with Crippen LogP contribution in [-0.2, 0) is 6.42 Å². The van der Waals surface area contributed by atoms with Gasteiger partial charge in [0.2, 0.25) is 5.75 Å². The Morgan fingerprint density at radius 1 is 1.00 bits per heavy atom. The van der Waals surface area contributed by atoms with Crippen molar-refractivity contribution < 1.29 is 14.6 Å². The summed E-state index contributed by atoms with van der Waals surface area (Å²) < 4.78 is 10.4. The van der Waals surface area contributed by atoms with E-state index >= 15 is 0 Å². The van der Waals surface area contributed by atoms with Gasteiger partial charge in [0.15, 0.2) is 11.5 Å². The molecule has 0 aliphatic rings. The van der Waals surface area contributed by atoms with Crippen LogP contribution in [-0.4, -0.2) is 24.3 Å². The van der Waals surface area contributed by atoms with Gasteiger partial charge >= 0.3 is 0 Å². The van der Waals surface area contributed by atoms with Gasteiger partial charge in [-0.15, -0.1) is 0 Å². The SMILES string of the molecule is COc1ccc(Cc2nccc3ccccc23)c(O)c1OC. The van der Waals surface area contributed by atoms with Crippen molar-refractivity contribution in [2.45, 2.75) is 6.42 Å². The van der Waals surface area contributed by atoms with Crippen molar-refractivity contribution >= 4 is 10.8 Å². The summed E-state index contributed by atoms with van der Waals surface area (Å²) in [6.07, 6.45) is 2.31. The smallest absolute Gasteiger partial charge is 0.203 e. The minimum atomic E-state index is 0.0941. The molecule has 1 N–H and O–H groups in total.